The second kappa shape index (κ2) is 6.58. The van der Waals surface area contributed by atoms with Crippen molar-refractivity contribution in [1.29, 1.82) is 0 Å². The normalized spacial score (nSPS) is 17.9. The minimum atomic E-state index is 0.769. The van der Waals surface area contributed by atoms with Crippen LogP contribution in [-0.2, 0) is 6.54 Å². The summed E-state index contributed by atoms with van der Waals surface area (Å²) in [7, 11) is 1.88. The summed E-state index contributed by atoms with van der Waals surface area (Å²) in [6.07, 6.45) is 2.59. The maximum absolute atomic E-state index is 6.23. The molecule has 1 fully saturated rings. The first kappa shape index (κ1) is 14.6. The minimum absolute atomic E-state index is 0.769. The molecule has 106 valence electrons. The number of anilines is 1. The minimum Gasteiger partial charge on any atom is -0.373 e. The van der Waals surface area contributed by atoms with E-state index >= 15 is 0 Å². The number of piperidine rings is 1. The highest BCUT2D eigenvalue weighted by Gasteiger charge is 2.22. The van der Waals surface area contributed by atoms with Crippen LogP contribution in [0.2, 0.25) is 5.02 Å². The molecule has 0 radical (unpaired) electrons. The number of hydrogen-bond acceptors (Lipinski definition) is 3. The number of likely N-dealkylation sites (tertiary alicyclic amines) is 1. The van der Waals surface area contributed by atoms with Gasteiger partial charge in [-0.1, -0.05) is 25.4 Å². The van der Waals surface area contributed by atoms with Crippen LogP contribution in [0.3, 0.4) is 0 Å². The van der Waals surface area contributed by atoms with Crippen molar-refractivity contribution >= 4 is 17.4 Å². The third-order valence-electron chi connectivity index (χ3n) is 4.12. The molecule has 0 atom stereocenters. The van der Waals surface area contributed by atoms with Crippen LogP contribution >= 0.6 is 11.6 Å². The lowest BCUT2D eigenvalue weighted by Gasteiger charge is -2.33. The molecule has 1 aromatic heterocycles. The Kier molecular flexibility index (Phi) is 5.06. The molecule has 3 nitrogen and oxygen atoms in total. The van der Waals surface area contributed by atoms with Gasteiger partial charge in [0.15, 0.2) is 0 Å². The monoisotopic (exact) mass is 281 g/mol. The van der Waals surface area contributed by atoms with Crippen molar-refractivity contribution in [2.75, 3.05) is 25.5 Å². The van der Waals surface area contributed by atoms with Gasteiger partial charge in [-0.05, 0) is 49.9 Å². The Balaban J connectivity index is 1.95. The first-order chi connectivity index (χ1) is 9.10. The van der Waals surface area contributed by atoms with Gasteiger partial charge in [0, 0.05) is 13.6 Å². The first-order valence-electron chi connectivity index (χ1n) is 7.15. The number of aromatic nitrogens is 1. The molecule has 1 aliphatic heterocycles. The molecule has 0 unspecified atom stereocenters. The second-order valence-corrected chi connectivity index (χ2v) is 6.14. The summed E-state index contributed by atoms with van der Waals surface area (Å²) in [4.78, 5) is 7.02. The summed E-state index contributed by atoms with van der Waals surface area (Å²) >= 11 is 6.23. The van der Waals surface area contributed by atoms with Crippen LogP contribution in [0.4, 0.5) is 5.82 Å². The fraction of sp³-hybridized carbons (Fsp3) is 0.667. The number of nitrogens with zero attached hydrogens (tertiary/aromatic N) is 2. The Bertz CT molecular complexity index is 412. The number of rotatable bonds is 4. The Morgan fingerprint density at radius 2 is 2.05 bits per heavy atom. The Morgan fingerprint density at radius 1 is 1.37 bits per heavy atom. The van der Waals surface area contributed by atoms with Gasteiger partial charge in [-0.2, -0.15) is 0 Å². The third kappa shape index (κ3) is 3.83. The van der Waals surface area contributed by atoms with Crippen LogP contribution in [0.25, 0.3) is 0 Å². The van der Waals surface area contributed by atoms with Gasteiger partial charge in [0.2, 0.25) is 0 Å². The van der Waals surface area contributed by atoms with Crippen molar-refractivity contribution < 1.29 is 0 Å². The van der Waals surface area contributed by atoms with Crippen molar-refractivity contribution in [3.8, 4) is 0 Å². The van der Waals surface area contributed by atoms with Gasteiger partial charge in [0.1, 0.15) is 5.82 Å². The molecule has 19 heavy (non-hydrogen) atoms. The summed E-state index contributed by atoms with van der Waals surface area (Å²) < 4.78 is 0. The molecule has 0 aliphatic carbocycles. The van der Waals surface area contributed by atoms with Gasteiger partial charge < -0.3 is 5.32 Å². The molecule has 0 spiro atoms. The molecule has 4 heteroatoms. The fourth-order valence-electron chi connectivity index (χ4n) is 2.72. The van der Waals surface area contributed by atoms with E-state index in [1.54, 1.807) is 0 Å². The zero-order chi connectivity index (χ0) is 13.8. The van der Waals surface area contributed by atoms with Gasteiger partial charge in [0.05, 0.1) is 10.7 Å². The van der Waals surface area contributed by atoms with Gasteiger partial charge in [-0.25, -0.2) is 4.98 Å². The average molecular weight is 282 g/mol. The van der Waals surface area contributed by atoms with Crippen LogP contribution in [0.15, 0.2) is 12.1 Å². The van der Waals surface area contributed by atoms with E-state index in [1.165, 1.54) is 12.8 Å². The summed E-state index contributed by atoms with van der Waals surface area (Å²) in [5.74, 6) is 2.57. The lowest BCUT2D eigenvalue weighted by molar-refractivity contribution is 0.150. The SMILES string of the molecule is CNc1ccc(Cl)c(CN2CCC(C(C)C)CC2)n1. The fourth-order valence-corrected chi connectivity index (χ4v) is 2.89. The van der Waals surface area contributed by atoms with Crippen molar-refractivity contribution in [3.05, 3.63) is 22.8 Å². The molecular weight excluding hydrogens is 258 g/mol. The Morgan fingerprint density at radius 3 is 2.63 bits per heavy atom. The number of halogens is 1. The maximum Gasteiger partial charge on any atom is 0.126 e. The second-order valence-electron chi connectivity index (χ2n) is 5.73. The summed E-state index contributed by atoms with van der Waals surface area (Å²) in [5, 5.41) is 3.83. The zero-order valence-corrected chi connectivity index (χ0v) is 12.9. The highest BCUT2D eigenvalue weighted by molar-refractivity contribution is 6.31. The largest absolute Gasteiger partial charge is 0.373 e. The lowest BCUT2D eigenvalue weighted by atomic mass is 9.87. The topological polar surface area (TPSA) is 28.2 Å². The van der Waals surface area contributed by atoms with E-state index in [0.29, 0.717) is 0 Å². The number of pyridine rings is 1. The first-order valence-corrected chi connectivity index (χ1v) is 7.53. The van der Waals surface area contributed by atoms with Crippen LogP contribution in [0.5, 0.6) is 0 Å². The summed E-state index contributed by atoms with van der Waals surface area (Å²) in [5.41, 5.74) is 0.983. The molecule has 0 amide bonds. The average Bonchev–Trinajstić information content (AvgIpc) is 2.42. The zero-order valence-electron chi connectivity index (χ0n) is 12.1. The van der Waals surface area contributed by atoms with Crippen LogP contribution < -0.4 is 5.32 Å². The third-order valence-corrected chi connectivity index (χ3v) is 4.47. The highest BCUT2D eigenvalue weighted by Crippen LogP contribution is 2.26. The van der Waals surface area contributed by atoms with Crippen LogP contribution in [-0.4, -0.2) is 30.0 Å². The molecular formula is C15H24ClN3. The smallest absolute Gasteiger partial charge is 0.126 e. The van der Waals surface area contributed by atoms with Crippen molar-refractivity contribution in [1.82, 2.24) is 9.88 Å². The Labute approximate surface area is 121 Å². The van der Waals surface area contributed by atoms with E-state index in [9.17, 15) is 0 Å². The molecule has 0 bridgehead atoms. The van der Waals surface area contributed by atoms with Crippen molar-refractivity contribution in [2.45, 2.75) is 33.2 Å². The standard InChI is InChI=1S/C15H24ClN3/c1-11(2)12-6-8-19(9-7-12)10-14-13(16)4-5-15(17-3)18-14/h4-5,11-12H,6-10H2,1-3H3,(H,17,18). The molecule has 1 saturated heterocycles. The molecule has 2 heterocycles. The van der Waals surface area contributed by atoms with Crippen molar-refractivity contribution in [3.63, 3.8) is 0 Å². The lowest BCUT2D eigenvalue weighted by Crippen LogP contribution is -2.35. The summed E-state index contributed by atoms with van der Waals surface area (Å²) in [6.45, 7) is 7.83. The van der Waals surface area contributed by atoms with E-state index in [0.717, 1.165) is 48.0 Å². The predicted molar refractivity (Wildman–Crippen MR) is 81.6 cm³/mol. The van der Waals surface area contributed by atoms with Crippen LogP contribution in [0.1, 0.15) is 32.4 Å². The molecule has 0 aromatic carbocycles. The molecule has 1 aliphatic rings. The van der Waals surface area contributed by atoms with Crippen molar-refractivity contribution in [2.24, 2.45) is 11.8 Å². The molecule has 1 N–H and O–H groups in total. The van der Waals surface area contributed by atoms with E-state index in [2.05, 4.69) is 29.0 Å². The number of hydrogen-bond donors (Lipinski definition) is 1. The maximum atomic E-state index is 6.23. The van der Waals surface area contributed by atoms with E-state index in [4.69, 9.17) is 11.6 Å². The molecule has 2 rings (SSSR count). The van der Waals surface area contributed by atoms with Crippen LogP contribution in [0, 0.1) is 11.8 Å². The van der Waals surface area contributed by atoms with E-state index in [1.807, 2.05) is 19.2 Å². The van der Waals surface area contributed by atoms with Gasteiger partial charge in [0.25, 0.3) is 0 Å². The Hall–Kier alpha value is -0.800. The van der Waals surface area contributed by atoms with E-state index < -0.39 is 0 Å². The quantitative estimate of drug-likeness (QED) is 0.913. The van der Waals surface area contributed by atoms with E-state index in [-0.39, 0.29) is 0 Å². The molecule has 1 aromatic rings. The highest BCUT2D eigenvalue weighted by atomic mass is 35.5. The molecule has 0 saturated carbocycles. The van der Waals surface area contributed by atoms with Gasteiger partial charge >= 0.3 is 0 Å². The predicted octanol–water partition coefficient (Wildman–Crippen LogP) is 3.64. The number of nitrogens with one attached hydrogen (secondary N) is 1. The van der Waals surface area contributed by atoms with Gasteiger partial charge in [-0.3, -0.25) is 4.90 Å². The van der Waals surface area contributed by atoms with Gasteiger partial charge in [-0.15, -0.1) is 0 Å². The summed E-state index contributed by atoms with van der Waals surface area (Å²) in [6, 6.07) is 3.84.